The molecule has 0 amide bonds. The number of carbonyl (C=O) groups excluding carboxylic acids is 1. The van der Waals surface area contributed by atoms with Crippen LogP contribution in [0, 0.1) is 5.92 Å². The Bertz CT molecular complexity index is 254. The van der Waals surface area contributed by atoms with Crippen LogP contribution in [0.2, 0.25) is 0 Å². The predicted molar refractivity (Wildman–Crippen MR) is 63.4 cm³/mol. The molecule has 0 spiro atoms. The molecule has 1 heterocycles. The number of carbonyl (C=O) groups is 1. The third kappa shape index (κ3) is 2.83. The normalized spacial score (nSPS) is 36.9. The summed E-state index contributed by atoms with van der Waals surface area (Å²) in [5.74, 6) is 0.847. The average Bonchev–Trinajstić information content (AvgIpc) is 2.66. The van der Waals surface area contributed by atoms with Crippen LogP contribution in [0.1, 0.15) is 39.5 Å². The molecule has 1 aliphatic carbocycles. The van der Waals surface area contributed by atoms with E-state index in [-0.39, 0.29) is 0 Å². The largest absolute Gasteiger partial charge is 0.376 e. The summed E-state index contributed by atoms with van der Waals surface area (Å²) >= 11 is 0. The first kappa shape index (κ1) is 12.1. The van der Waals surface area contributed by atoms with Crippen LogP contribution in [0.4, 0.5) is 0 Å². The topological polar surface area (TPSA) is 29.5 Å². The van der Waals surface area contributed by atoms with Gasteiger partial charge in [-0.25, -0.2) is 0 Å². The third-order valence-corrected chi connectivity index (χ3v) is 3.93. The van der Waals surface area contributed by atoms with Crippen LogP contribution in [0.5, 0.6) is 0 Å². The van der Waals surface area contributed by atoms with Crippen molar-refractivity contribution in [1.29, 1.82) is 0 Å². The van der Waals surface area contributed by atoms with Gasteiger partial charge in [-0.15, -0.1) is 0 Å². The Hall–Kier alpha value is -0.410. The number of morpholine rings is 1. The Kier molecular flexibility index (Phi) is 3.98. The van der Waals surface area contributed by atoms with E-state index in [0.29, 0.717) is 23.8 Å². The molecule has 0 radical (unpaired) electrons. The van der Waals surface area contributed by atoms with Crippen LogP contribution >= 0.6 is 0 Å². The van der Waals surface area contributed by atoms with Gasteiger partial charge < -0.3 is 4.74 Å². The Morgan fingerprint density at radius 3 is 2.94 bits per heavy atom. The molecule has 2 fully saturated rings. The van der Waals surface area contributed by atoms with E-state index in [0.717, 1.165) is 45.4 Å². The van der Waals surface area contributed by atoms with Gasteiger partial charge in [0.1, 0.15) is 5.78 Å². The molecule has 1 saturated carbocycles. The zero-order valence-electron chi connectivity index (χ0n) is 10.4. The third-order valence-electron chi connectivity index (χ3n) is 3.93. The SMILES string of the molecule is CC1CN(CCC2CCCC2=O)C(C)CO1. The van der Waals surface area contributed by atoms with Crippen molar-refractivity contribution in [2.45, 2.75) is 51.7 Å². The van der Waals surface area contributed by atoms with Crippen molar-refractivity contribution in [3.63, 3.8) is 0 Å². The van der Waals surface area contributed by atoms with Crippen LogP contribution < -0.4 is 0 Å². The highest BCUT2D eigenvalue weighted by Crippen LogP contribution is 2.25. The van der Waals surface area contributed by atoms with Gasteiger partial charge in [0.2, 0.25) is 0 Å². The molecule has 3 heteroatoms. The minimum atomic E-state index is 0.343. The van der Waals surface area contributed by atoms with Crippen LogP contribution in [0.15, 0.2) is 0 Å². The number of nitrogens with zero attached hydrogens (tertiary/aromatic N) is 1. The van der Waals surface area contributed by atoms with Crippen LogP contribution in [-0.2, 0) is 9.53 Å². The molecule has 3 unspecified atom stereocenters. The predicted octanol–water partition coefficient (Wildman–Crippen LogP) is 1.85. The lowest BCUT2D eigenvalue weighted by molar-refractivity contribution is -0.121. The number of hydrogen-bond acceptors (Lipinski definition) is 3. The van der Waals surface area contributed by atoms with Crippen LogP contribution in [-0.4, -0.2) is 42.5 Å². The maximum Gasteiger partial charge on any atom is 0.136 e. The minimum Gasteiger partial charge on any atom is -0.376 e. The lowest BCUT2D eigenvalue weighted by Gasteiger charge is -2.37. The van der Waals surface area contributed by atoms with Crippen LogP contribution in [0.3, 0.4) is 0 Å². The Morgan fingerprint density at radius 1 is 1.44 bits per heavy atom. The van der Waals surface area contributed by atoms with Crippen molar-refractivity contribution in [2.24, 2.45) is 5.92 Å². The van der Waals surface area contributed by atoms with Crippen molar-refractivity contribution < 1.29 is 9.53 Å². The van der Waals surface area contributed by atoms with Gasteiger partial charge in [-0.2, -0.15) is 0 Å². The summed E-state index contributed by atoms with van der Waals surface area (Å²) < 4.78 is 5.60. The zero-order chi connectivity index (χ0) is 11.5. The molecule has 2 rings (SSSR count). The summed E-state index contributed by atoms with van der Waals surface area (Å²) in [6.07, 6.45) is 4.44. The van der Waals surface area contributed by atoms with E-state index in [1.165, 1.54) is 0 Å². The van der Waals surface area contributed by atoms with Gasteiger partial charge in [-0.05, 0) is 39.7 Å². The summed E-state index contributed by atoms with van der Waals surface area (Å²) in [5.41, 5.74) is 0. The van der Waals surface area contributed by atoms with Gasteiger partial charge in [0, 0.05) is 24.9 Å². The highest BCUT2D eigenvalue weighted by atomic mass is 16.5. The number of rotatable bonds is 3. The van der Waals surface area contributed by atoms with Crippen molar-refractivity contribution in [3.8, 4) is 0 Å². The summed E-state index contributed by atoms with van der Waals surface area (Å²) in [4.78, 5) is 14.0. The molecule has 0 N–H and O–H groups in total. The highest BCUT2D eigenvalue weighted by molar-refractivity contribution is 5.82. The van der Waals surface area contributed by atoms with Crippen LogP contribution in [0.25, 0.3) is 0 Å². The molecule has 92 valence electrons. The van der Waals surface area contributed by atoms with Gasteiger partial charge in [-0.1, -0.05) is 0 Å². The van der Waals surface area contributed by atoms with Gasteiger partial charge >= 0.3 is 0 Å². The lowest BCUT2D eigenvalue weighted by atomic mass is 10.0. The van der Waals surface area contributed by atoms with Crippen molar-refractivity contribution >= 4 is 5.78 Å². The average molecular weight is 225 g/mol. The second kappa shape index (κ2) is 5.28. The van der Waals surface area contributed by atoms with E-state index in [1.807, 2.05) is 0 Å². The van der Waals surface area contributed by atoms with E-state index in [4.69, 9.17) is 4.74 Å². The maximum atomic E-state index is 11.5. The van der Waals surface area contributed by atoms with Gasteiger partial charge in [0.15, 0.2) is 0 Å². The molecule has 0 aromatic carbocycles. The fourth-order valence-electron chi connectivity index (χ4n) is 2.80. The molecule has 0 aromatic heterocycles. The molecule has 3 atom stereocenters. The first-order valence-electron chi connectivity index (χ1n) is 6.55. The molecule has 3 nitrogen and oxygen atoms in total. The van der Waals surface area contributed by atoms with Crippen molar-refractivity contribution in [2.75, 3.05) is 19.7 Å². The fourth-order valence-corrected chi connectivity index (χ4v) is 2.80. The smallest absolute Gasteiger partial charge is 0.136 e. The van der Waals surface area contributed by atoms with Gasteiger partial charge in [0.25, 0.3) is 0 Å². The van der Waals surface area contributed by atoms with Gasteiger partial charge in [0.05, 0.1) is 12.7 Å². The lowest BCUT2D eigenvalue weighted by Crippen LogP contribution is -2.47. The maximum absolute atomic E-state index is 11.5. The summed E-state index contributed by atoms with van der Waals surface area (Å²) in [6.45, 7) is 7.25. The number of ether oxygens (including phenoxy) is 1. The molecule has 0 aromatic rings. The second-order valence-corrected chi connectivity index (χ2v) is 5.33. The molecule has 16 heavy (non-hydrogen) atoms. The Morgan fingerprint density at radius 2 is 2.25 bits per heavy atom. The number of Topliss-reactive ketones (excluding diaryl/α,β-unsaturated/α-hetero) is 1. The zero-order valence-corrected chi connectivity index (χ0v) is 10.4. The first-order chi connectivity index (χ1) is 7.66. The van der Waals surface area contributed by atoms with Gasteiger partial charge in [-0.3, -0.25) is 9.69 Å². The highest BCUT2D eigenvalue weighted by Gasteiger charge is 2.27. The molecular weight excluding hydrogens is 202 g/mol. The molecule has 0 bridgehead atoms. The first-order valence-corrected chi connectivity index (χ1v) is 6.55. The summed E-state index contributed by atoms with van der Waals surface area (Å²) in [6, 6.07) is 0.507. The second-order valence-electron chi connectivity index (χ2n) is 5.33. The van der Waals surface area contributed by atoms with E-state index in [9.17, 15) is 4.79 Å². The van der Waals surface area contributed by atoms with Crippen molar-refractivity contribution in [1.82, 2.24) is 4.90 Å². The van der Waals surface area contributed by atoms with Crippen molar-refractivity contribution in [3.05, 3.63) is 0 Å². The summed E-state index contributed by atoms with van der Waals surface area (Å²) in [7, 11) is 0. The Balaban J connectivity index is 1.77. The summed E-state index contributed by atoms with van der Waals surface area (Å²) in [5, 5.41) is 0. The monoisotopic (exact) mass is 225 g/mol. The van der Waals surface area contributed by atoms with E-state index >= 15 is 0 Å². The molecule has 2 aliphatic rings. The Labute approximate surface area is 98.1 Å². The molecule has 1 aliphatic heterocycles. The number of hydrogen-bond donors (Lipinski definition) is 0. The van der Waals surface area contributed by atoms with E-state index in [2.05, 4.69) is 18.7 Å². The molecular formula is C13H23NO2. The van der Waals surface area contributed by atoms with E-state index in [1.54, 1.807) is 0 Å². The standard InChI is InChI=1S/C13H23NO2/c1-10-9-16-11(2)8-14(10)7-6-12-4-3-5-13(12)15/h10-12H,3-9H2,1-2H3. The number of ketones is 1. The molecule has 1 saturated heterocycles. The fraction of sp³-hybridized carbons (Fsp3) is 0.923. The van der Waals surface area contributed by atoms with E-state index < -0.39 is 0 Å². The minimum absolute atomic E-state index is 0.343. The quantitative estimate of drug-likeness (QED) is 0.734.